The molecule has 4 heteroatoms. The van der Waals surface area contributed by atoms with Gasteiger partial charge in [-0.1, -0.05) is 70.2 Å². The number of rotatable bonds is 8. The molecule has 3 rings (SSSR count). The molecule has 1 aliphatic rings. The van der Waals surface area contributed by atoms with Gasteiger partial charge in [0.15, 0.2) is 0 Å². The molecule has 0 fully saturated rings. The molecule has 196 valence electrons. The molecule has 0 amide bonds. The van der Waals surface area contributed by atoms with Gasteiger partial charge in [-0.15, -0.1) is 13.2 Å². The molecule has 0 bridgehead atoms. The fourth-order valence-electron chi connectivity index (χ4n) is 3.64. The number of allylic oxidation sites excluding steroid dienone is 1. The summed E-state index contributed by atoms with van der Waals surface area (Å²) in [5.74, 6) is 0. The van der Waals surface area contributed by atoms with Crippen LogP contribution >= 0.6 is 0 Å². The first-order valence-corrected chi connectivity index (χ1v) is 14.2. The molecule has 2 aromatic carbocycles. The summed E-state index contributed by atoms with van der Waals surface area (Å²) < 4.78 is 1.56. The van der Waals surface area contributed by atoms with Crippen LogP contribution in [0.3, 0.4) is 0 Å². The van der Waals surface area contributed by atoms with Crippen LogP contribution in [-0.2, 0) is 17.6 Å². The fraction of sp³-hybridized carbons (Fsp3) is 0.438. The molecule has 0 aliphatic carbocycles. The number of nitrogens with one attached hydrogen (secondary N) is 2. The molecule has 0 spiro atoms. The van der Waals surface area contributed by atoms with Crippen molar-refractivity contribution in [3.8, 4) is 0 Å². The molecular formula is C32H50CaN2O. The zero-order chi connectivity index (χ0) is 27.8. The quantitative estimate of drug-likeness (QED) is 0.214. The molecule has 2 N–H and O–H groups in total. The van der Waals surface area contributed by atoms with E-state index < -0.39 is 0 Å². The summed E-state index contributed by atoms with van der Waals surface area (Å²) in [4.78, 5) is 8.00. The number of benzene rings is 2. The van der Waals surface area contributed by atoms with Crippen molar-refractivity contribution in [1.29, 1.82) is 0 Å². The Morgan fingerprint density at radius 2 is 1.58 bits per heavy atom. The van der Waals surface area contributed by atoms with Gasteiger partial charge in [-0.25, -0.2) is 0 Å². The number of unbranched alkanes of at least 4 members (excludes halogenated alkanes) is 4. The standard InChI is InChI=1S/C11H13N.C11H15N.C7H16.C2H4.CH2O.Ca/c1-8-3-6-11-10(7-8)5-4-9(2)12-11;1-3-11(12-2)9-10-7-5-4-6-8-10;1-3-5-7-6-4-2;2*1-2;/h3,6-7,12H,2,4-5H2,1H3;4-8,11-12H,9H2,1-2H3;3-7H2,1-2H3;1-2H2;1H2;. The zero-order valence-electron chi connectivity index (χ0n) is 23.8. The van der Waals surface area contributed by atoms with Crippen molar-refractivity contribution >= 4 is 49.3 Å². The Bertz CT molecular complexity index is 829. The van der Waals surface area contributed by atoms with Crippen molar-refractivity contribution < 1.29 is 4.79 Å². The molecule has 0 aromatic heterocycles. The SMILES string of the molecule is C=C.C=C1CCc2cc(C)ccc2N1.C=O.CCCCCCC.CNC(Cc1ccccc1)[C](C)=[Ca]. The van der Waals surface area contributed by atoms with Crippen LogP contribution in [0.1, 0.15) is 76.0 Å². The molecule has 0 saturated heterocycles. The van der Waals surface area contributed by atoms with E-state index in [0.717, 1.165) is 25.0 Å². The van der Waals surface area contributed by atoms with Crippen molar-refractivity contribution in [2.75, 3.05) is 12.4 Å². The zero-order valence-corrected chi connectivity index (χ0v) is 26.0. The van der Waals surface area contributed by atoms with Gasteiger partial charge in [0.25, 0.3) is 0 Å². The Morgan fingerprint density at radius 3 is 2.08 bits per heavy atom. The average Bonchev–Trinajstić information content (AvgIpc) is 2.91. The van der Waals surface area contributed by atoms with Gasteiger partial charge < -0.3 is 10.1 Å². The Hall–Kier alpha value is -1.52. The number of carbonyl (C=O) groups excluding carboxylic acids is 1. The molecule has 1 unspecified atom stereocenters. The summed E-state index contributed by atoms with van der Waals surface area (Å²) in [5, 5.41) is 6.64. The monoisotopic (exact) mass is 518 g/mol. The normalized spacial score (nSPS) is 11.7. The van der Waals surface area contributed by atoms with E-state index in [2.05, 4.69) is 107 Å². The summed E-state index contributed by atoms with van der Waals surface area (Å²) in [6, 6.07) is 17.7. The van der Waals surface area contributed by atoms with Gasteiger partial charge in [0, 0.05) is 11.4 Å². The third kappa shape index (κ3) is 17.8. The van der Waals surface area contributed by atoms with E-state index in [4.69, 9.17) is 4.79 Å². The van der Waals surface area contributed by atoms with Crippen LogP contribution in [0.25, 0.3) is 0 Å². The molecule has 1 atom stereocenters. The van der Waals surface area contributed by atoms with Gasteiger partial charge in [-0.3, -0.25) is 0 Å². The molecule has 0 saturated carbocycles. The molecule has 2 aromatic rings. The summed E-state index contributed by atoms with van der Waals surface area (Å²) >= 11 is 1.28. The van der Waals surface area contributed by atoms with E-state index in [1.165, 1.54) is 89.7 Å². The molecule has 36 heavy (non-hydrogen) atoms. The summed E-state index contributed by atoms with van der Waals surface area (Å²) in [6.07, 6.45) is 10.3. The van der Waals surface area contributed by atoms with Gasteiger partial charge in [0.05, 0.1) is 0 Å². The van der Waals surface area contributed by atoms with Crippen LogP contribution in [-0.4, -0.2) is 56.7 Å². The Morgan fingerprint density at radius 1 is 1.00 bits per heavy atom. The number of hydrogen-bond donors (Lipinski definition) is 2. The van der Waals surface area contributed by atoms with Gasteiger partial charge in [-0.05, 0) is 31.4 Å². The first kappa shape index (κ1) is 36.6. The minimum atomic E-state index is 0.558. The van der Waals surface area contributed by atoms with Crippen LogP contribution in [0.15, 0.2) is 74.0 Å². The van der Waals surface area contributed by atoms with Crippen molar-refractivity contribution in [3.63, 3.8) is 0 Å². The van der Waals surface area contributed by atoms with Crippen LogP contribution in [0.5, 0.6) is 0 Å². The van der Waals surface area contributed by atoms with Gasteiger partial charge in [-0.2, -0.15) is 0 Å². The van der Waals surface area contributed by atoms with E-state index in [1.807, 2.05) is 13.8 Å². The van der Waals surface area contributed by atoms with E-state index in [1.54, 1.807) is 1.58 Å². The number of hydrogen-bond acceptors (Lipinski definition) is 3. The first-order chi connectivity index (χ1) is 17.4. The van der Waals surface area contributed by atoms with Crippen molar-refractivity contribution in [2.45, 2.75) is 85.1 Å². The van der Waals surface area contributed by atoms with Gasteiger partial charge in [0.1, 0.15) is 6.79 Å². The number of likely N-dealkylation sites (N-methyl/N-ethyl adjacent to an activating group) is 1. The third-order valence-corrected chi connectivity index (χ3v) is 6.47. The predicted octanol–water partition coefficient (Wildman–Crippen LogP) is 7.64. The van der Waals surface area contributed by atoms with Crippen LogP contribution in [0, 0.1) is 6.92 Å². The van der Waals surface area contributed by atoms with Crippen LogP contribution in [0.2, 0.25) is 0 Å². The van der Waals surface area contributed by atoms with Crippen LogP contribution in [0.4, 0.5) is 5.69 Å². The summed E-state index contributed by atoms with van der Waals surface area (Å²) in [7, 11) is 2.03. The topological polar surface area (TPSA) is 41.1 Å². The second kappa shape index (κ2) is 25.1. The molecule has 1 aliphatic heterocycles. The van der Waals surface area contributed by atoms with Crippen molar-refractivity contribution in [3.05, 3.63) is 90.7 Å². The second-order valence-corrected chi connectivity index (χ2v) is 10.6. The molecular weight excluding hydrogens is 468 g/mol. The Balaban J connectivity index is 0. The third-order valence-electron chi connectivity index (χ3n) is 5.70. The maximum absolute atomic E-state index is 8.00. The van der Waals surface area contributed by atoms with Crippen LogP contribution < -0.4 is 10.6 Å². The average molecular weight is 519 g/mol. The van der Waals surface area contributed by atoms with Crippen molar-refractivity contribution in [1.82, 2.24) is 5.32 Å². The van der Waals surface area contributed by atoms with E-state index in [9.17, 15) is 0 Å². The number of fused-ring (bicyclic) bond motifs is 1. The fourth-order valence-corrected chi connectivity index (χ4v) is 4.18. The molecule has 3 nitrogen and oxygen atoms in total. The van der Waals surface area contributed by atoms with Gasteiger partial charge >= 0.3 is 104 Å². The molecule has 0 radical (unpaired) electrons. The number of aryl methyl sites for hydroxylation is 2. The van der Waals surface area contributed by atoms with E-state index >= 15 is 0 Å². The Kier molecular flexibility index (Phi) is 25.6. The maximum atomic E-state index is 8.00. The number of anilines is 1. The summed E-state index contributed by atoms with van der Waals surface area (Å²) in [6.45, 7) is 20.8. The Labute approximate surface area is 245 Å². The predicted molar refractivity (Wildman–Crippen MR) is 164 cm³/mol. The molecule has 1 heterocycles. The van der Waals surface area contributed by atoms with Gasteiger partial charge in [0.2, 0.25) is 0 Å². The van der Waals surface area contributed by atoms with E-state index in [-0.39, 0.29) is 0 Å². The number of carbonyl (C=O) groups is 1. The first-order valence-electron chi connectivity index (χ1n) is 13.1. The summed E-state index contributed by atoms with van der Waals surface area (Å²) in [5.41, 5.74) is 6.53. The second-order valence-electron chi connectivity index (χ2n) is 8.83. The van der Waals surface area contributed by atoms with E-state index in [0.29, 0.717) is 6.04 Å². The van der Waals surface area contributed by atoms with Crippen molar-refractivity contribution in [2.24, 2.45) is 0 Å². The minimum absolute atomic E-state index is 0.558.